The summed E-state index contributed by atoms with van der Waals surface area (Å²) in [5, 5.41) is 16.6. The van der Waals surface area contributed by atoms with E-state index in [9.17, 15) is 14.3 Å². The number of hydrogen-bond donors (Lipinski definition) is 2. The van der Waals surface area contributed by atoms with Crippen molar-refractivity contribution in [2.45, 2.75) is 13.3 Å². The van der Waals surface area contributed by atoms with Crippen molar-refractivity contribution >= 4 is 33.0 Å². The minimum atomic E-state index is -0.366. The Morgan fingerprint density at radius 1 is 1.26 bits per heavy atom. The van der Waals surface area contributed by atoms with Gasteiger partial charge in [-0.3, -0.25) is 4.79 Å². The van der Waals surface area contributed by atoms with Crippen LogP contribution in [0.15, 0.2) is 47.7 Å². The molecule has 0 radical (unpaired) electrons. The zero-order chi connectivity index (χ0) is 19.4. The number of amides is 1. The molecule has 1 unspecified atom stereocenters. The van der Waals surface area contributed by atoms with E-state index in [2.05, 4.69) is 15.4 Å². The Bertz CT molecular complexity index is 912. The molecule has 0 bridgehead atoms. The molecule has 2 N–H and O–H groups in total. The van der Waals surface area contributed by atoms with E-state index in [4.69, 9.17) is 0 Å². The van der Waals surface area contributed by atoms with E-state index in [-0.39, 0.29) is 29.0 Å². The molecule has 1 aromatic carbocycles. The molecule has 0 spiro atoms. The molecule has 142 valence electrons. The number of carbonyl (C=O) groups is 1. The topological polar surface area (TPSA) is 77.8 Å². The second-order valence-electron chi connectivity index (χ2n) is 6.01. The van der Waals surface area contributed by atoms with E-state index >= 15 is 0 Å². The molecule has 2 heterocycles. The van der Waals surface area contributed by atoms with E-state index in [1.54, 1.807) is 18.3 Å². The average Bonchev–Trinajstić information content (AvgIpc) is 2.96. The lowest BCUT2D eigenvalue weighted by Crippen LogP contribution is -2.16. The summed E-state index contributed by atoms with van der Waals surface area (Å²) in [4.78, 5) is 16.5. The highest BCUT2D eigenvalue weighted by Gasteiger charge is 2.26. The number of aromatic nitrogens is 1. The van der Waals surface area contributed by atoms with Crippen LogP contribution in [0, 0.1) is 5.82 Å². The first kappa shape index (κ1) is 19.2. The van der Waals surface area contributed by atoms with Crippen molar-refractivity contribution in [1.29, 1.82) is 0 Å². The van der Waals surface area contributed by atoms with Gasteiger partial charge in [-0.1, -0.05) is 10.7 Å². The monoisotopic (exact) mass is 388 g/mol. The molecule has 1 aromatic heterocycles. The highest BCUT2D eigenvalue weighted by atomic mass is 32.2. The number of rotatable bonds is 6. The molecule has 0 saturated heterocycles. The normalized spacial score (nSPS) is 16.4. The number of benzene rings is 1. The quantitative estimate of drug-likeness (QED) is 0.746. The van der Waals surface area contributed by atoms with Crippen LogP contribution in [0.2, 0.25) is 0 Å². The van der Waals surface area contributed by atoms with E-state index in [1.807, 2.05) is 23.6 Å². The molecule has 1 amide bonds. The number of anilines is 1. The van der Waals surface area contributed by atoms with Gasteiger partial charge in [-0.2, -0.15) is 5.10 Å². The van der Waals surface area contributed by atoms with Gasteiger partial charge in [0.05, 0.1) is 4.86 Å². The van der Waals surface area contributed by atoms with E-state index in [0.29, 0.717) is 12.2 Å². The van der Waals surface area contributed by atoms with Crippen molar-refractivity contribution in [3.05, 3.63) is 59.5 Å². The molecule has 27 heavy (non-hydrogen) atoms. The van der Waals surface area contributed by atoms with Gasteiger partial charge in [0.1, 0.15) is 17.3 Å². The van der Waals surface area contributed by atoms with Crippen LogP contribution >= 0.6 is 10.7 Å². The predicted molar refractivity (Wildman–Crippen MR) is 108 cm³/mol. The number of carbonyl (C=O) groups excluding carboxylic acids is 1. The average molecular weight is 388 g/mol. The minimum Gasteiger partial charge on any atom is -0.396 e. The zero-order valence-electron chi connectivity index (χ0n) is 15.1. The number of pyridine rings is 1. The molecule has 1 aliphatic rings. The molecular weight excluding hydrogens is 367 g/mol. The van der Waals surface area contributed by atoms with Crippen LogP contribution in [0.25, 0.3) is 0 Å². The summed E-state index contributed by atoms with van der Waals surface area (Å²) in [6.07, 6.45) is 2.29. The van der Waals surface area contributed by atoms with Gasteiger partial charge in [0.25, 0.3) is 0 Å². The van der Waals surface area contributed by atoms with Gasteiger partial charge in [-0.15, -0.1) is 0 Å². The van der Waals surface area contributed by atoms with Crippen LogP contribution in [-0.2, 0) is 4.79 Å². The molecule has 8 heteroatoms. The number of nitrogens with one attached hydrogen (secondary N) is 1. The second-order valence-corrected chi connectivity index (χ2v) is 8.08. The van der Waals surface area contributed by atoms with Crippen molar-refractivity contribution in [3.8, 4) is 0 Å². The Morgan fingerprint density at radius 2 is 2.00 bits per heavy atom. The molecule has 1 atom stereocenters. The summed E-state index contributed by atoms with van der Waals surface area (Å²) in [6, 6.07) is 9.92. The Kier molecular flexibility index (Phi) is 5.98. The Hall–Kier alpha value is -2.58. The second kappa shape index (κ2) is 8.41. The number of hydrazone groups is 1. The minimum absolute atomic E-state index is 0.101. The van der Waals surface area contributed by atoms with Crippen molar-refractivity contribution in [2.75, 3.05) is 24.7 Å². The molecule has 0 saturated carbocycles. The van der Waals surface area contributed by atoms with Crippen molar-refractivity contribution in [3.63, 3.8) is 0 Å². The number of hydrogen-bond acceptors (Lipinski definition) is 5. The number of aliphatic hydroxyl groups excluding tert-OH is 1. The number of nitrogens with zero attached hydrogens (tertiary/aromatic N) is 3. The lowest BCUT2D eigenvalue weighted by molar-refractivity contribution is -0.114. The Balaban J connectivity index is 2.09. The maximum absolute atomic E-state index is 13.4. The first-order valence-corrected chi connectivity index (χ1v) is 9.86. The van der Waals surface area contributed by atoms with E-state index in [1.165, 1.54) is 19.1 Å². The highest BCUT2D eigenvalue weighted by Crippen LogP contribution is 2.33. The summed E-state index contributed by atoms with van der Waals surface area (Å²) < 4.78 is 15.2. The van der Waals surface area contributed by atoms with E-state index in [0.717, 1.165) is 27.5 Å². The van der Waals surface area contributed by atoms with Crippen molar-refractivity contribution < 1.29 is 14.3 Å². The molecule has 2 aromatic rings. The van der Waals surface area contributed by atoms with Crippen LogP contribution in [0.1, 0.15) is 24.5 Å². The van der Waals surface area contributed by atoms with Crippen LogP contribution in [0.5, 0.6) is 0 Å². The third-order valence-corrected chi connectivity index (χ3v) is 6.25. The molecule has 1 aliphatic heterocycles. The van der Waals surface area contributed by atoms with Crippen LogP contribution in [0.3, 0.4) is 0 Å². The molecule has 3 rings (SSSR count). The van der Waals surface area contributed by atoms with Gasteiger partial charge in [0.2, 0.25) is 5.91 Å². The van der Waals surface area contributed by atoms with Gasteiger partial charge < -0.3 is 10.4 Å². The number of aliphatic hydroxyl groups is 1. The van der Waals surface area contributed by atoms with Crippen LogP contribution in [0.4, 0.5) is 10.2 Å². The van der Waals surface area contributed by atoms with Gasteiger partial charge >= 0.3 is 0 Å². The number of halogens is 1. The predicted octanol–water partition coefficient (Wildman–Crippen LogP) is 2.62. The van der Waals surface area contributed by atoms with Crippen molar-refractivity contribution in [2.24, 2.45) is 5.10 Å². The summed E-state index contributed by atoms with van der Waals surface area (Å²) in [7, 11) is 1.53. The lowest BCUT2D eigenvalue weighted by Gasteiger charge is -2.16. The fourth-order valence-corrected chi connectivity index (χ4v) is 4.90. The van der Waals surface area contributed by atoms with Gasteiger partial charge in [-0.25, -0.2) is 13.8 Å². The maximum atomic E-state index is 13.4. The zero-order valence-corrected chi connectivity index (χ0v) is 16.0. The Morgan fingerprint density at radius 3 is 2.67 bits per heavy atom. The largest absolute Gasteiger partial charge is 0.396 e. The standard InChI is InChI=1S/C19H21FN4O2S/c1-13(26)22-17-12-15(8-9-21-17)19-18(14-4-6-16(20)7-5-14)23-24(2)27(19)11-3-10-25/h4-9,12,25H,3,10-11H2,1-2H3,(H,21,22,26). The van der Waals surface area contributed by atoms with E-state index < -0.39 is 0 Å². The van der Waals surface area contributed by atoms with Crippen molar-refractivity contribution in [1.82, 2.24) is 9.40 Å². The summed E-state index contributed by atoms with van der Waals surface area (Å²) in [5.41, 5.74) is 2.47. The molecule has 0 fully saturated rings. The third-order valence-electron chi connectivity index (χ3n) is 3.95. The summed E-state index contributed by atoms with van der Waals surface area (Å²) in [5.74, 6) is 0.711. The van der Waals surface area contributed by atoms with Gasteiger partial charge in [0, 0.05) is 38.1 Å². The third kappa shape index (κ3) is 4.40. The molecular formula is C19H21FN4O2S. The van der Waals surface area contributed by atoms with Crippen LogP contribution in [-0.4, -0.2) is 50.4 Å². The molecule has 6 nitrogen and oxygen atoms in total. The SMILES string of the molecule is CC(=O)Nc1cc(C2=S(CCCO)N(C)N=C2c2ccc(F)cc2)ccn1. The summed E-state index contributed by atoms with van der Waals surface area (Å²) >= 11 is 0. The van der Waals surface area contributed by atoms with Gasteiger partial charge in [0.15, 0.2) is 0 Å². The van der Waals surface area contributed by atoms with Crippen LogP contribution < -0.4 is 5.32 Å². The smallest absolute Gasteiger partial charge is 0.222 e. The fraction of sp³-hybridized carbons (Fsp3) is 0.263. The maximum Gasteiger partial charge on any atom is 0.222 e. The Labute approximate surface area is 159 Å². The molecule has 0 aliphatic carbocycles. The first-order chi connectivity index (χ1) is 13.0. The highest BCUT2D eigenvalue weighted by molar-refractivity contribution is 8.15. The summed E-state index contributed by atoms with van der Waals surface area (Å²) in [6.45, 7) is 1.53. The fourth-order valence-electron chi connectivity index (χ4n) is 2.80. The lowest BCUT2D eigenvalue weighted by atomic mass is 10.0. The van der Waals surface area contributed by atoms with Gasteiger partial charge in [-0.05, 0) is 48.4 Å². The first-order valence-electron chi connectivity index (χ1n) is 8.51.